The van der Waals surface area contributed by atoms with Crippen molar-refractivity contribution in [3.05, 3.63) is 42.0 Å². The van der Waals surface area contributed by atoms with Crippen LogP contribution in [-0.4, -0.2) is 86.1 Å². The maximum Gasteiger partial charge on any atom is 0.241 e. The van der Waals surface area contributed by atoms with E-state index in [1.165, 1.54) is 0 Å². The standard InChI is InChI=1S/C24H33N7O3/c1-2-34-19-5-3-18(4-6-19)20-17-21(26-25-20)24(32)31-11-9-29(10-12-31)22-7-8-23(28-27-22)30-13-15-33-16-14-30/h3-8,20-21,25-26H,2,9-17H2,1H3. The molecule has 1 amide bonds. The first-order chi connectivity index (χ1) is 16.7. The molecule has 3 fully saturated rings. The van der Waals surface area contributed by atoms with E-state index < -0.39 is 0 Å². The number of ether oxygens (including phenoxy) is 2. The van der Waals surface area contributed by atoms with E-state index >= 15 is 0 Å². The van der Waals surface area contributed by atoms with E-state index in [0.717, 1.165) is 68.8 Å². The van der Waals surface area contributed by atoms with Crippen molar-refractivity contribution >= 4 is 17.5 Å². The summed E-state index contributed by atoms with van der Waals surface area (Å²) < 4.78 is 10.9. The Morgan fingerprint density at radius 2 is 1.59 bits per heavy atom. The van der Waals surface area contributed by atoms with E-state index in [-0.39, 0.29) is 18.0 Å². The fraction of sp³-hybridized carbons (Fsp3) is 0.542. The van der Waals surface area contributed by atoms with Crippen LogP contribution in [0.15, 0.2) is 36.4 Å². The summed E-state index contributed by atoms with van der Waals surface area (Å²) in [6.07, 6.45) is 0.724. The van der Waals surface area contributed by atoms with Crippen LogP contribution >= 0.6 is 0 Å². The summed E-state index contributed by atoms with van der Waals surface area (Å²) >= 11 is 0. The molecule has 4 heterocycles. The van der Waals surface area contributed by atoms with Gasteiger partial charge in [0.25, 0.3) is 0 Å². The molecule has 10 nitrogen and oxygen atoms in total. The monoisotopic (exact) mass is 467 g/mol. The van der Waals surface area contributed by atoms with Crippen molar-refractivity contribution in [1.29, 1.82) is 0 Å². The average Bonchev–Trinajstić information content (AvgIpc) is 3.40. The Balaban J connectivity index is 1.11. The molecule has 5 rings (SSSR count). The van der Waals surface area contributed by atoms with E-state index in [1.807, 2.05) is 36.1 Å². The number of benzene rings is 1. The van der Waals surface area contributed by atoms with E-state index in [2.05, 4.69) is 43.0 Å². The molecule has 2 N–H and O–H groups in total. The second kappa shape index (κ2) is 10.5. The zero-order valence-electron chi connectivity index (χ0n) is 19.7. The molecule has 3 aliphatic rings. The number of nitrogens with one attached hydrogen (secondary N) is 2. The van der Waals surface area contributed by atoms with Crippen molar-refractivity contribution in [2.75, 3.05) is 68.9 Å². The summed E-state index contributed by atoms with van der Waals surface area (Å²) in [6.45, 7) is 8.63. The van der Waals surface area contributed by atoms with Gasteiger partial charge in [-0.2, -0.15) is 0 Å². The first-order valence-corrected chi connectivity index (χ1v) is 12.2. The van der Waals surface area contributed by atoms with Crippen LogP contribution in [0.25, 0.3) is 0 Å². The zero-order valence-corrected chi connectivity index (χ0v) is 19.7. The fourth-order valence-electron chi connectivity index (χ4n) is 4.72. The van der Waals surface area contributed by atoms with Crippen molar-refractivity contribution < 1.29 is 14.3 Å². The van der Waals surface area contributed by atoms with E-state index in [1.54, 1.807) is 0 Å². The molecule has 0 spiro atoms. The number of rotatable bonds is 6. The maximum atomic E-state index is 13.1. The third-order valence-electron chi connectivity index (χ3n) is 6.68. The number of nitrogens with zero attached hydrogens (tertiary/aromatic N) is 5. The number of morpholine rings is 1. The SMILES string of the molecule is CCOc1ccc(C2CC(C(=O)N3CCN(c4ccc(N5CCOCC5)nn4)CC3)NN2)cc1. The lowest BCUT2D eigenvalue weighted by Gasteiger charge is -2.36. The van der Waals surface area contributed by atoms with Crippen LogP contribution in [0, 0.1) is 0 Å². The van der Waals surface area contributed by atoms with Crippen molar-refractivity contribution in [2.24, 2.45) is 0 Å². The predicted octanol–water partition coefficient (Wildman–Crippen LogP) is 0.968. The minimum absolute atomic E-state index is 0.103. The molecule has 0 aliphatic carbocycles. The van der Waals surface area contributed by atoms with Crippen LogP contribution < -0.4 is 25.4 Å². The van der Waals surface area contributed by atoms with Gasteiger partial charge in [-0.05, 0) is 43.2 Å². The second-order valence-corrected chi connectivity index (χ2v) is 8.79. The van der Waals surface area contributed by atoms with Gasteiger partial charge in [0.15, 0.2) is 11.6 Å². The Bertz CT molecular complexity index is 942. The minimum atomic E-state index is -0.226. The first kappa shape index (κ1) is 22.8. The van der Waals surface area contributed by atoms with E-state index in [4.69, 9.17) is 9.47 Å². The number of anilines is 2. The molecule has 2 aromatic rings. The third-order valence-corrected chi connectivity index (χ3v) is 6.68. The maximum absolute atomic E-state index is 13.1. The van der Waals surface area contributed by atoms with Gasteiger partial charge in [-0.3, -0.25) is 4.79 Å². The Morgan fingerprint density at radius 1 is 0.941 bits per heavy atom. The molecule has 1 aromatic heterocycles. The van der Waals surface area contributed by atoms with Gasteiger partial charge in [0.2, 0.25) is 5.91 Å². The number of hydrogen-bond acceptors (Lipinski definition) is 9. The van der Waals surface area contributed by atoms with Gasteiger partial charge in [0, 0.05) is 45.3 Å². The number of carbonyl (C=O) groups excluding carboxylic acids is 1. The molecule has 2 atom stereocenters. The highest BCUT2D eigenvalue weighted by molar-refractivity contribution is 5.82. The number of piperazine rings is 1. The lowest BCUT2D eigenvalue weighted by Crippen LogP contribution is -2.53. The molecular formula is C24H33N7O3. The molecule has 182 valence electrons. The largest absolute Gasteiger partial charge is 0.494 e. The lowest BCUT2D eigenvalue weighted by molar-refractivity contribution is -0.133. The third kappa shape index (κ3) is 5.08. The van der Waals surface area contributed by atoms with Crippen LogP contribution in [0.3, 0.4) is 0 Å². The smallest absolute Gasteiger partial charge is 0.241 e. The van der Waals surface area contributed by atoms with Crippen molar-refractivity contribution in [3.8, 4) is 5.75 Å². The van der Waals surface area contributed by atoms with Gasteiger partial charge < -0.3 is 24.2 Å². The number of carbonyl (C=O) groups is 1. The normalized spacial score (nSPS) is 23.3. The van der Waals surface area contributed by atoms with Gasteiger partial charge in [0.1, 0.15) is 11.8 Å². The molecule has 3 saturated heterocycles. The summed E-state index contributed by atoms with van der Waals surface area (Å²) in [4.78, 5) is 19.5. The summed E-state index contributed by atoms with van der Waals surface area (Å²) in [5.74, 6) is 2.76. The zero-order chi connectivity index (χ0) is 23.3. The molecule has 3 aliphatic heterocycles. The molecule has 0 bridgehead atoms. The quantitative estimate of drug-likeness (QED) is 0.644. The molecule has 10 heteroatoms. The Hall–Kier alpha value is -2.95. The molecule has 34 heavy (non-hydrogen) atoms. The van der Waals surface area contributed by atoms with Crippen molar-refractivity contribution in [2.45, 2.75) is 25.4 Å². The van der Waals surface area contributed by atoms with Crippen molar-refractivity contribution in [1.82, 2.24) is 25.9 Å². The van der Waals surface area contributed by atoms with Crippen molar-refractivity contribution in [3.63, 3.8) is 0 Å². The van der Waals surface area contributed by atoms with Crippen LogP contribution in [0.2, 0.25) is 0 Å². The van der Waals surface area contributed by atoms with E-state index in [9.17, 15) is 4.79 Å². The summed E-state index contributed by atoms with van der Waals surface area (Å²) in [5, 5.41) is 8.86. The fourth-order valence-corrected chi connectivity index (χ4v) is 4.72. The van der Waals surface area contributed by atoms with Crippen LogP contribution in [0.1, 0.15) is 24.9 Å². The topological polar surface area (TPSA) is 95.1 Å². The van der Waals surface area contributed by atoms with Gasteiger partial charge in [0.05, 0.1) is 19.8 Å². The predicted molar refractivity (Wildman–Crippen MR) is 129 cm³/mol. The summed E-state index contributed by atoms with van der Waals surface area (Å²) in [5.41, 5.74) is 7.63. The van der Waals surface area contributed by atoms with Gasteiger partial charge >= 0.3 is 0 Å². The number of amides is 1. The van der Waals surface area contributed by atoms with Crippen LogP contribution in [-0.2, 0) is 9.53 Å². The Kier molecular flexibility index (Phi) is 7.08. The highest BCUT2D eigenvalue weighted by Crippen LogP contribution is 2.25. The Morgan fingerprint density at radius 3 is 2.21 bits per heavy atom. The second-order valence-electron chi connectivity index (χ2n) is 8.79. The van der Waals surface area contributed by atoms with Gasteiger partial charge in [-0.25, -0.2) is 10.9 Å². The highest BCUT2D eigenvalue weighted by Gasteiger charge is 2.34. The minimum Gasteiger partial charge on any atom is -0.494 e. The highest BCUT2D eigenvalue weighted by atomic mass is 16.5. The van der Waals surface area contributed by atoms with Crippen LogP contribution in [0.5, 0.6) is 5.75 Å². The number of hydrogen-bond donors (Lipinski definition) is 2. The number of aromatic nitrogens is 2. The molecule has 1 aromatic carbocycles. The lowest BCUT2D eigenvalue weighted by atomic mass is 10.0. The first-order valence-electron chi connectivity index (χ1n) is 12.2. The molecule has 0 radical (unpaired) electrons. The molecular weight excluding hydrogens is 434 g/mol. The summed E-state index contributed by atoms with van der Waals surface area (Å²) in [6, 6.07) is 12.0. The summed E-state index contributed by atoms with van der Waals surface area (Å²) in [7, 11) is 0. The van der Waals surface area contributed by atoms with Gasteiger partial charge in [-0.15, -0.1) is 10.2 Å². The van der Waals surface area contributed by atoms with Crippen LogP contribution in [0.4, 0.5) is 11.6 Å². The average molecular weight is 468 g/mol. The molecule has 0 saturated carbocycles. The van der Waals surface area contributed by atoms with Gasteiger partial charge in [-0.1, -0.05) is 12.1 Å². The number of hydrazine groups is 1. The Labute approximate surface area is 200 Å². The van der Waals surface area contributed by atoms with E-state index in [0.29, 0.717) is 19.7 Å². The molecule has 2 unspecified atom stereocenters.